The first-order chi connectivity index (χ1) is 5.13. The van der Waals surface area contributed by atoms with Crippen LogP contribution < -0.4 is 0 Å². The highest BCUT2D eigenvalue weighted by atomic mass is 16.3. The van der Waals surface area contributed by atoms with Crippen LogP contribution in [0, 0.1) is 5.92 Å². The Morgan fingerprint density at radius 1 is 1.55 bits per heavy atom. The van der Waals surface area contributed by atoms with Crippen LogP contribution in [0.2, 0.25) is 0 Å². The molecule has 0 amide bonds. The van der Waals surface area contributed by atoms with E-state index in [4.69, 9.17) is 0 Å². The van der Waals surface area contributed by atoms with Crippen molar-refractivity contribution in [3.05, 3.63) is 11.6 Å². The monoisotopic (exact) mass is 154 g/mol. The molecule has 1 aliphatic carbocycles. The van der Waals surface area contributed by atoms with Crippen molar-refractivity contribution in [1.29, 1.82) is 0 Å². The van der Waals surface area contributed by atoms with Crippen molar-refractivity contribution < 1.29 is 9.90 Å². The van der Waals surface area contributed by atoms with Gasteiger partial charge in [-0.3, -0.25) is 4.79 Å². The van der Waals surface area contributed by atoms with Crippen molar-refractivity contribution in [2.45, 2.75) is 32.8 Å². The molecule has 11 heavy (non-hydrogen) atoms. The molecule has 1 atom stereocenters. The number of hydrogen-bond acceptors (Lipinski definition) is 2. The minimum Gasteiger partial charge on any atom is -0.388 e. The van der Waals surface area contributed by atoms with Crippen LogP contribution in [0.3, 0.4) is 0 Å². The summed E-state index contributed by atoms with van der Waals surface area (Å²) in [7, 11) is 0. The third-order valence-electron chi connectivity index (χ3n) is 2.01. The lowest BCUT2D eigenvalue weighted by Crippen LogP contribution is -2.20. The summed E-state index contributed by atoms with van der Waals surface area (Å²) >= 11 is 0. The molecule has 0 saturated heterocycles. The van der Waals surface area contributed by atoms with Gasteiger partial charge in [0.1, 0.15) is 0 Å². The van der Waals surface area contributed by atoms with Crippen LogP contribution in [0.25, 0.3) is 0 Å². The van der Waals surface area contributed by atoms with E-state index in [1.165, 1.54) is 0 Å². The quantitative estimate of drug-likeness (QED) is 0.650. The molecule has 0 aliphatic heterocycles. The second-order valence-electron chi connectivity index (χ2n) is 3.31. The lowest BCUT2D eigenvalue weighted by molar-refractivity contribution is -0.116. The molecule has 0 spiro atoms. The molecule has 2 nitrogen and oxygen atoms in total. The van der Waals surface area contributed by atoms with Gasteiger partial charge in [-0.15, -0.1) is 0 Å². The first kappa shape index (κ1) is 8.47. The van der Waals surface area contributed by atoms with Gasteiger partial charge in [0, 0.05) is 12.0 Å². The maximum absolute atomic E-state index is 11.1. The molecule has 0 fully saturated rings. The first-order valence-corrected chi connectivity index (χ1v) is 4.04. The molecule has 1 N–H and O–H groups in total. The van der Waals surface area contributed by atoms with E-state index in [0.29, 0.717) is 12.0 Å². The molecule has 1 unspecified atom stereocenters. The van der Waals surface area contributed by atoms with Crippen LogP contribution in [0.1, 0.15) is 26.7 Å². The number of allylic oxidation sites excluding steroid dienone is 1. The Bertz CT molecular complexity index is 192. The number of carbonyl (C=O) groups excluding carboxylic acids is 1. The molecule has 0 bridgehead atoms. The van der Waals surface area contributed by atoms with E-state index in [9.17, 15) is 9.90 Å². The molecule has 0 saturated carbocycles. The summed E-state index contributed by atoms with van der Waals surface area (Å²) in [5, 5.41) is 9.51. The highest BCUT2D eigenvalue weighted by molar-refractivity contribution is 5.98. The molecule has 0 radical (unpaired) electrons. The Morgan fingerprint density at radius 3 is 2.55 bits per heavy atom. The number of ketones is 1. The number of hydrogen-bond donors (Lipinski definition) is 1. The molecule has 0 aromatic rings. The fourth-order valence-corrected chi connectivity index (χ4v) is 1.26. The standard InChI is InChI=1S/C9H14O2/c1-6(2)9(11)7-4-3-5-8(7)10/h4,6,9,11H,3,5H2,1-2H3. The van der Waals surface area contributed by atoms with Gasteiger partial charge in [0.15, 0.2) is 5.78 Å². The van der Waals surface area contributed by atoms with E-state index in [2.05, 4.69) is 0 Å². The second-order valence-corrected chi connectivity index (χ2v) is 3.31. The average molecular weight is 154 g/mol. The van der Waals surface area contributed by atoms with Gasteiger partial charge in [-0.05, 0) is 12.3 Å². The van der Waals surface area contributed by atoms with E-state index >= 15 is 0 Å². The smallest absolute Gasteiger partial charge is 0.161 e. The topological polar surface area (TPSA) is 37.3 Å². The van der Waals surface area contributed by atoms with Crippen molar-refractivity contribution in [1.82, 2.24) is 0 Å². The van der Waals surface area contributed by atoms with Gasteiger partial charge >= 0.3 is 0 Å². The number of carbonyl (C=O) groups is 1. The molecular weight excluding hydrogens is 140 g/mol. The van der Waals surface area contributed by atoms with E-state index in [0.717, 1.165) is 6.42 Å². The fraction of sp³-hybridized carbons (Fsp3) is 0.667. The van der Waals surface area contributed by atoms with Crippen LogP contribution in [0.15, 0.2) is 11.6 Å². The molecule has 0 heterocycles. The predicted octanol–water partition coefficient (Wildman–Crippen LogP) is 1.29. The number of Topliss-reactive ketones (excluding diaryl/α,β-unsaturated/α-hetero) is 1. The van der Waals surface area contributed by atoms with E-state index in [-0.39, 0.29) is 11.7 Å². The fourth-order valence-electron chi connectivity index (χ4n) is 1.26. The molecule has 1 aliphatic rings. The lowest BCUT2D eigenvalue weighted by atomic mass is 9.98. The van der Waals surface area contributed by atoms with Gasteiger partial charge in [0.25, 0.3) is 0 Å². The van der Waals surface area contributed by atoms with Crippen molar-refractivity contribution in [3.63, 3.8) is 0 Å². The van der Waals surface area contributed by atoms with Crippen LogP contribution in [0.5, 0.6) is 0 Å². The summed E-state index contributed by atoms with van der Waals surface area (Å²) in [6.45, 7) is 3.83. The van der Waals surface area contributed by atoms with Crippen LogP contribution >= 0.6 is 0 Å². The summed E-state index contributed by atoms with van der Waals surface area (Å²) in [5.41, 5.74) is 0.625. The van der Waals surface area contributed by atoms with E-state index in [1.54, 1.807) is 0 Å². The Balaban J connectivity index is 2.67. The average Bonchev–Trinajstić information content (AvgIpc) is 2.33. The Labute approximate surface area is 66.9 Å². The summed E-state index contributed by atoms with van der Waals surface area (Å²) < 4.78 is 0. The summed E-state index contributed by atoms with van der Waals surface area (Å²) in [6.07, 6.45) is 2.69. The zero-order valence-corrected chi connectivity index (χ0v) is 7.00. The minimum absolute atomic E-state index is 0.117. The van der Waals surface area contributed by atoms with Gasteiger partial charge in [0.2, 0.25) is 0 Å². The maximum atomic E-state index is 11.1. The van der Waals surface area contributed by atoms with Gasteiger partial charge in [-0.1, -0.05) is 19.9 Å². The minimum atomic E-state index is -0.551. The van der Waals surface area contributed by atoms with E-state index in [1.807, 2.05) is 19.9 Å². The van der Waals surface area contributed by atoms with Crippen molar-refractivity contribution in [2.24, 2.45) is 5.92 Å². The number of aliphatic hydroxyl groups excluding tert-OH is 1. The highest BCUT2D eigenvalue weighted by Crippen LogP contribution is 2.21. The van der Waals surface area contributed by atoms with Gasteiger partial charge < -0.3 is 5.11 Å². The molecule has 0 aromatic carbocycles. The third-order valence-corrected chi connectivity index (χ3v) is 2.01. The molecule has 2 heteroatoms. The van der Waals surface area contributed by atoms with Crippen LogP contribution in [0.4, 0.5) is 0 Å². The zero-order valence-electron chi connectivity index (χ0n) is 7.00. The molecular formula is C9H14O2. The highest BCUT2D eigenvalue weighted by Gasteiger charge is 2.23. The SMILES string of the molecule is CC(C)C(O)C1=CCCC1=O. The largest absolute Gasteiger partial charge is 0.388 e. The van der Waals surface area contributed by atoms with E-state index < -0.39 is 6.10 Å². The van der Waals surface area contributed by atoms with Gasteiger partial charge in [0.05, 0.1) is 6.10 Å². The molecule has 1 rings (SSSR count). The van der Waals surface area contributed by atoms with Crippen molar-refractivity contribution in [3.8, 4) is 0 Å². The second kappa shape index (κ2) is 3.18. The van der Waals surface area contributed by atoms with Crippen LogP contribution in [-0.2, 0) is 4.79 Å². The zero-order chi connectivity index (χ0) is 8.43. The first-order valence-electron chi connectivity index (χ1n) is 4.04. The predicted molar refractivity (Wildman–Crippen MR) is 43.2 cm³/mol. The van der Waals surface area contributed by atoms with Gasteiger partial charge in [-0.2, -0.15) is 0 Å². The summed E-state index contributed by atoms with van der Waals surface area (Å²) in [5.74, 6) is 0.259. The summed E-state index contributed by atoms with van der Waals surface area (Å²) in [6, 6.07) is 0. The van der Waals surface area contributed by atoms with Crippen molar-refractivity contribution in [2.75, 3.05) is 0 Å². The normalized spacial score (nSPS) is 20.7. The number of rotatable bonds is 2. The Morgan fingerprint density at radius 2 is 2.18 bits per heavy atom. The maximum Gasteiger partial charge on any atom is 0.161 e. The van der Waals surface area contributed by atoms with Gasteiger partial charge in [-0.25, -0.2) is 0 Å². The van der Waals surface area contributed by atoms with Crippen molar-refractivity contribution >= 4 is 5.78 Å². The Kier molecular flexibility index (Phi) is 2.45. The summed E-state index contributed by atoms with van der Waals surface area (Å²) in [4.78, 5) is 11.1. The lowest BCUT2D eigenvalue weighted by Gasteiger charge is -2.14. The number of aliphatic hydroxyl groups is 1. The third kappa shape index (κ3) is 1.69. The van der Waals surface area contributed by atoms with Crippen LogP contribution in [-0.4, -0.2) is 17.0 Å². The molecule has 0 aromatic heterocycles. The Hall–Kier alpha value is -0.630. The molecule has 62 valence electrons.